The zero-order valence-corrected chi connectivity index (χ0v) is 56.9. The van der Waals surface area contributed by atoms with Gasteiger partial charge in [-0.3, -0.25) is 52.7 Å². The molecule has 1 aliphatic heterocycles. The largest absolute Gasteiger partial charge is 0.490 e. The van der Waals surface area contributed by atoms with Gasteiger partial charge in [-0.05, 0) is 72.6 Å². The molecule has 0 bridgehead atoms. The number of carboxylic acids is 1. The van der Waals surface area contributed by atoms with Gasteiger partial charge in [-0.1, -0.05) is 143 Å². The minimum atomic E-state index is -5.08. The number of rotatable bonds is 34. The molecule has 1 saturated carbocycles. The molecule has 7 amide bonds. The van der Waals surface area contributed by atoms with E-state index in [0.717, 1.165) is 16.3 Å². The van der Waals surface area contributed by atoms with Crippen LogP contribution >= 0.6 is 0 Å². The Morgan fingerprint density at radius 2 is 1.25 bits per heavy atom. The molecule has 534 valence electrons. The molecule has 0 radical (unpaired) electrons. The van der Waals surface area contributed by atoms with Crippen LogP contribution in [0.15, 0.2) is 55.1 Å². The highest BCUT2D eigenvalue weighted by Crippen LogP contribution is 2.45. The van der Waals surface area contributed by atoms with Gasteiger partial charge < -0.3 is 57.7 Å². The fourth-order valence-corrected chi connectivity index (χ4v) is 11.4. The quantitative estimate of drug-likeness (QED) is 0.0317. The van der Waals surface area contributed by atoms with Gasteiger partial charge in [0.1, 0.15) is 23.7 Å². The van der Waals surface area contributed by atoms with Crippen molar-refractivity contribution in [1.82, 2.24) is 31.9 Å². The van der Waals surface area contributed by atoms with Crippen molar-refractivity contribution in [3.05, 3.63) is 60.7 Å². The van der Waals surface area contributed by atoms with Gasteiger partial charge >= 0.3 is 18.1 Å². The van der Waals surface area contributed by atoms with Crippen LogP contribution in [0.5, 0.6) is 0 Å². The number of carbonyl (C=O) groups is 13. The Labute approximate surface area is 559 Å². The summed E-state index contributed by atoms with van der Waals surface area (Å²) in [7, 11) is 0. The molecule has 17 atom stereocenters. The van der Waals surface area contributed by atoms with Gasteiger partial charge in [0, 0.05) is 55.8 Å². The van der Waals surface area contributed by atoms with Crippen LogP contribution < -0.4 is 37.6 Å². The highest BCUT2D eigenvalue weighted by molar-refractivity contribution is 6.01. The van der Waals surface area contributed by atoms with E-state index in [4.69, 9.17) is 20.4 Å². The molecule has 2 aromatic carbocycles. The van der Waals surface area contributed by atoms with Crippen molar-refractivity contribution < 1.29 is 95.6 Å². The maximum atomic E-state index is 14.5. The zero-order chi connectivity index (χ0) is 72.7. The number of amides is 7. The molecule has 1 heterocycles. The van der Waals surface area contributed by atoms with E-state index in [0.29, 0.717) is 38.5 Å². The molecule has 96 heavy (non-hydrogen) atoms. The number of aliphatic hydroxyl groups excluding tert-OH is 2. The van der Waals surface area contributed by atoms with Crippen LogP contribution in [0.3, 0.4) is 0 Å². The third-order valence-electron chi connectivity index (χ3n) is 18.8. The fourth-order valence-electron chi connectivity index (χ4n) is 11.4. The highest BCUT2D eigenvalue weighted by Gasteiger charge is 2.61. The molecule has 2 aliphatic rings. The Morgan fingerprint density at radius 1 is 0.719 bits per heavy atom. The number of ether oxygens (including phenoxy) is 1. The highest BCUT2D eigenvalue weighted by atomic mass is 19.4. The van der Waals surface area contributed by atoms with Crippen LogP contribution in [0.2, 0.25) is 0 Å². The average molecular weight is 1360 g/mol. The summed E-state index contributed by atoms with van der Waals surface area (Å²) in [5.41, 5.74) is 5.06. The average Bonchev–Trinajstić information content (AvgIpc) is 1.58. The van der Waals surface area contributed by atoms with Crippen molar-refractivity contribution in [1.29, 1.82) is 0 Å². The SMILES string of the molecule is C=C[C@H]1C[C@]12NC(=O)[C@H](C)CC(=O)[C@H](NC(=O)[C@H](CO)CC(=O)[C@@H](NC(=O)[C@H](CC(=O)[C@@H](CCC(N)=O)NC(=O)[C@H](CO)CC(=O)[C@@H](NC(=O)[C@H](CC)Cc1ccc3ccccc3c1)[C@@H](C)CC)[C@@H](C)CC)[C@@H](C)CC)[C@H](C)OC(=O)[C@H]([C@@H](C)CC)NC2=O.O=C(O)C(F)(F)F. The van der Waals surface area contributed by atoms with Crippen molar-refractivity contribution in [2.75, 3.05) is 13.2 Å². The second kappa shape index (κ2) is 38.1. The van der Waals surface area contributed by atoms with E-state index in [1.165, 1.54) is 19.9 Å². The number of fused-ring (bicyclic) bond motifs is 1. The van der Waals surface area contributed by atoms with Gasteiger partial charge in [0.15, 0.2) is 23.1 Å². The molecule has 11 N–H and O–H groups in total. The number of benzene rings is 2. The molecule has 27 heteroatoms. The second-order valence-corrected chi connectivity index (χ2v) is 25.9. The first-order valence-corrected chi connectivity index (χ1v) is 33.1. The van der Waals surface area contributed by atoms with Gasteiger partial charge in [0.2, 0.25) is 41.4 Å². The Morgan fingerprint density at radius 3 is 1.74 bits per heavy atom. The third kappa shape index (κ3) is 23.4. The van der Waals surface area contributed by atoms with Crippen LogP contribution in [0.1, 0.15) is 159 Å². The Hall–Kier alpha value is -7.94. The number of carboxylic acid groups (broad SMARTS) is 1. The first-order chi connectivity index (χ1) is 45.0. The number of primary amides is 1. The monoisotopic (exact) mass is 1360 g/mol. The zero-order valence-electron chi connectivity index (χ0n) is 56.9. The molecular formula is C69H100F3N7O17. The summed E-state index contributed by atoms with van der Waals surface area (Å²) in [6.45, 7) is 20.9. The first kappa shape index (κ1) is 82.3. The van der Waals surface area contributed by atoms with Gasteiger partial charge in [-0.15, -0.1) is 6.58 Å². The van der Waals surface area contributed by atoms with Gasteiger partial charge in [-0.2, -0.15) is 13.2 Å². The summed E-state index contributed by atoms with van der Waals surface area (Å²) < 4.78 is 37.5. The number of aliphatic carboxylic acids is 1. The molecular weight excluding hydrogens is 1260 g/mol. The topological polar surface area (TPSA) is 390 Å². The summed E-state index contributed by atoms with van der Waals surface area (Å²) in [6.07, 6.45) is -5.00. The number of nitrogens with one attached hydrogen (secondary N) is 6. The van der Waals surface area contributed by atoms with Gasteiger partial charge in [0.05, 0.1) is 43.2 Å². The van der Waals surface area contributed by atoms with Gasteiger partial charge in [0.25, 0.3) is 0 Å². The first-order valence-electron chi connectivity index (χ1n) is 33.1. The maximum absolute atomic E-state index is 14.5. The number of Topliss-reactive ketones (excluding diaryl/α,β-unsaturated/α-hetero) is 4. The van der Waals surface area contributed by atoms with Gasteiger partial charge in [-0.25, -0.2) is 9.59 Å². The number of hydrogen-bond acceptors (Lipinski definition) is 16. The lowest BCUT2D eigenvalue weighted by Crippen LogP contribution is -2.57. The number of nitrogens with two attached hydrogens (primary N) is 1. The number of cyclic esters (lactones) is 1. The Bertz CT molecular complexity index is 3110. The van der Waals surface area contributed by atoms with Crippen molar-refractivity contribution >= 4 is 87.2 Å². The lowest BCUT2D eigenvalue weighted by molar-refractivity contribution is -0.192. The molecule has 1 spiro atoms. The number of alkyl halides is 3. The van der Waals surface area contributed by atoms with Crippen molar-refractivity contribution in [2.24, 2.45) is 64.9 Å². The standard InChI is InChI=1S/C67H99N7O15.C2HF3O2/c1-13-36(7)49(32-51(77)50(25-26-55(68)81)69-62(84)46(34-75)30-53(79)56(37(8)14-2)70-61(83)43(17-5)28-42-23-24-44-21-19-20-22-45(44)29-42)64(86)71-57(38(9)15-3)54(80)31-47(35-76)63(85)72-59-41(12)89-65(87)58(39(10)16-4)73-66(88)67(33-48(67)18-6)74-60(82)40(11)27-52(59)78;3-2(4,5)1(6)7/h18-24,29,36-41,43,46-50,56-59,75-76H,6,13-17,25-28,30-35H2,1-5,7-12H3,(H2,68,81)(H,69,84)(H,70,83)(H,71,86)(H,72,85)(H,73,88)(H,74,82);(H,6,7)/t36-,37-,38-,39-,40+,41-,43+,46-,47-,48-,49+,50+,56-,57-,58-,59+,67-;/m0./s1. The summed E-state index contributed by atoms with van der Waals surface area (Å²) in [6, 6.07) is 7.35. The summed E-state index contributed by atoms with van der Waals surface area (Å²) >= 11 is 0. The number of esters is 1. The molecule has 4 rings (SSSR count). The molecule has 2 aromatic rings. The van der Waals surface area contributed by atoms with E-state index >= 15 is 0 Å². The Kier molecular flexibility index (Phi) is 32.7. The minimum Gasteiger partial charge on any atom is -0.475 e. The maximum Gasteiger partial charge on any atom is 0.490 e. The summed E-state index contributed by atoms with van der Waals surface area (Å²) in [4.78, 5) is 176. The van der Waals surface area contributed by atoms with E-state index in [2.05, 4.69) is 38.5 Å². The summed E-state index contributed by atoms with van der Waals surface area (Å²) in [5.74, 6) is -19.1. The molecule has 1 aliphatic carbocycles. The van der Waals surface area contributed by atoms with E-state index in [-0.39, 0.29) is 31.1 Å². The number of hydrogen-bond donors (Lipinski definition) is 10. The molecule has 24 nitrogen and oxygen atoms in total. The van der Waals surface area contributed by atoms with Crippen molar-refractivity contribution in [2.45, 2.75) is 208 Å². The van der Waals surface area contributed by atoms with E-state index < -0.39 is 211 Å². The second-order valence-electron chi connectivity index (χ2n) is 25.9. The van der Waals surface area contributed by atoms with Crippen LogP contribution in [-0.4, -0.2) is 153 Å². The number of ketones is 4. The third-order valence-corrected chi connectivity index (χ3v) is 18.8. The smallest absolute Gasteiger partial charge is 0.475 e. The predicted molar refractivity (Wildman–Crippen MR) is 348 cm³/mol. The number of aliphatic hydroxyl groups is 2. The molecule has 0 unspecified atom stereocenters. The van der Waals surface area contributed by atoms with Crippen LogP contribution in [0.4, 0.5) is 13.2 Å². The van der Waals surface area contributed by atoms with E-state index in [1.54, 1.807) is 48.5 Å². The summed E-state index contributed by atoms with van der Waals surface area (Å²) in [5, 5.41) is 46.8. The number of carbonyl (C=O) groups excluding carboxylic acids is 12. The molecule has 1 saturated heterocycles. The predicted octanol–water partition coefficient (Wildman–Crippen LogP) is 5.23. The Balaban J connectivity index is 0.00000324. The van der Waals surface area contributed by atoms with E-state index in [9.17, 15) is 80.9 Å². The van der Waals surface area contributed by atoms with E-state index in [1.807, 2.05) is 56.3 Å². The minimum absolute atomic E-state index is 0.216. The lowest BCUT2D eigenvalue weighted by Gasteiger charge is -2.30. The molecule has 0 aromatic heterocycles. The lowest BCUT2D eigenvalue weighted by atomic mass is 9.83. The van der Waals surface area contributed by atoms with Crippen LogP contribution in [0, 0.1) is 59.2 Å². The van der Waals surface area contributed by atoms with Crippen molar-refractivity contribution in [3.63, 3.8) is 0 Å². The van der Waals surface area contributed by atoms with Crippen molar-refractivity contribution in [3.8, 4) is 0 Å². The van der Waals surface area contributed by atoms with Crippen LogP contribution in [0.25, 0.3) is 10.8 Å². The fraction of sp³-hybridized carbons (Fsp3) is 0.638. The normalized spacial score (nSPS) is 22.5. The van der Waals surface area contributed by atoms with Crippen LogP contribution in [-0.2, 0) is 73.5 Å². The number of halogens is 3. The molecule has 2 fully saturated rings.